The summed E-state index contributed by atoms with van der Waals surface area (Å²) in [5.41, 5.74) is 1.02. The Morgan fingerprint density at radius 2 is 1.79 bits per heavy atom. The SMILES string of the molecule is COc1ccc(S(=O)(=O)N2CCC(C)CC2)cc1C(=O)N[C@@H](C)c1ccc2c(c1)OCCO2. The Balaban J connectivity index is 1.55. The predicted octanol–water partition coefficient (Wildman–Crippen LogP) is 3.38. The van der Waals surface area contributed by atoms with Crippen molar-refractivity contribution in [1.29, 1.82) is 0 Å². The topological polar surface area (TPSA) is 94.2 Å². The molecule has 0 aliphatic carbocycles. The van der Waals surface area contributed by atoms with E-state index in [4.69, 9.17) is 14.2 Å². The molecule has 0 spiro atoms. The van der Waals surface area contributed by atoms with Crippen molar-refractivity contribution in [2.75, 3.05) is 33.4 Å². The number of benzene rings is 2. The van der Waals surface area contributed by atoms with E-state index < -0.39 is 15.9 Å². The van der Waals surface area contributed by atoms with E-state index in [1.807, 2.05) is 25.1 Å². The molecular formula is C24H30N2O6S. The molecule has 1 amide bonds. The van der Waals surface area contributed by atoms with Gasteiger partial charge in [-0.3, -0.25) is 4.79 Å². The van der Waals surface area contributed by atoms with Gasteiger partial charge in [0.05, 0.1) is 23.6 Å². The number of hydrogen-bond donors (Lipinski definition) is 1. The number of ether oxygens (including phenoxy) is 3. The highest BCUT2D eigenvalue weighted by molar-refractivity contribution is 7.89. The highest BCUT2D eigenvalue weighted by Crippen LogP contribution is 2.33. The number of methoxy groups -OCH3 is 1. The lowest BCUT2D eigenvalue weighted by atomic mass is 10.0. The third-order valence-electron chi connectivity index (χ3n) is 6.21. The van der Waals surface area contributed by atoms with Gasteiger partial charge in [0, 0.05) is 13.1 Å². The second-order valence-corrected chi connectivity index (χ2v) is 10.5. The first-order valence-electron chi connectivity index (χ1n) is 11.2. The molecule has 4 rings (SSSR count). The molecule has 2 aromatic rings. The quantitative estimate of drug-likeness (QED) is 0.690. The first-order valence-corrected chi connectivity index (χ1v) is 12.6. The van der Waals surface area contributed by atoms with Crippen LogP contribution in [0.3, 0.4) is 0 Å². The summed E-state index contributed by atoms with van der Waals surface area (Å²) >= 11 is 0. The Kier molecular flexibility index (Phi) is 6.81. The number of carbonyl (C=O) groups is 1. The monoisotopic (exact) mass is 474 g/mol. The molecule has 0 bridgehead atoms. The van der Waals surface area contributed by atoms with Gasteiger partial charge >= 0.3 is 0 Å². The van der Waals surface area contributed by atoms with Crippen molar-refractivity contribution >= 4 is 15.9 Å². The van der Waals surface area contributed by atoms with E-state index in [0.717, 1.165) is 18.4 Å². The Hall–Kier alpha value is -2.78. The highest BCUT2D eigenvalue weighted by Gasteiger charge is 2.29. The van der Waals surface area contributed by atoms with E-state index >= 15 is 0 Å². The van der Waals surface area contributed by atoms with Crippen molar-refractivity contribution in [3.8, 4) is 17.2 Å². The molecule has 178 valence electrons. The van der Waals surface area contributed by atoms with Crippen molar-refractivity contribution in [1.82, 2.24) is 9.62 Å². The Labute approximate surface area is 194 Å². The van der Waals surface area contributed by atoms with Gasteiger partial charge in [-0.05, 0) is 61.6 Å². The summed E-state index contributed by atoms with van der Waals surface area (Å²) in [7, 11) is -2.24. The number of carbonyl (C=O) groups excluding carboxylic acids is 1. The number of amides is 1. The molecule has 0 saturated carbocycles. The van der Waals surface area contributed by atoms with Gasteiger partial charge < -0.3 is 19.5 Å². The average molecular weight is 475 g/mol. The zero-order valence-electron chi connectivity index (χ0n) is 19.2. The number of nitrogens with zero attached hydrogens (tertiary/aromatic N) is 1. The van der Waals surface area contributed by atoms with Crippen molar-refractivity contribution < 1.29 is 27.4 Å². The molecule has 1 saturated heterocycles. The van der Waals surface area contributed by atoms with E-state index in [9.17, 15) is 13.2 Å². The van der Waals surface area contributed by atoms with Gasteiger partial charge in [0.15, 0.2) is 11.5 Å². The van der Waals surface area contributed by atoms with Gasteiger partial charge in [0.25, 0.3) is 5.91 Å². The van der Waals surface area contributed by atoms with Crippen LogP contribution in [0.1, 0.15) is 48.7 Å². The van der Waals surface area contributed by atoms with Crippen molar-refractivity contribution in [3.05, 3.63) is 47.5 Å². The molecule has 1 atom stereocenters. The number of fused-ring (bicyclic) bond motifs is 1. The number of sulfonamides is 1. The minimum atomic E-state index is -3.69. The summed E-state index contributed by atoms with van der Waals surface area (Å²) in [6.45, 7) is 5.93. The van der Waals surface area contributed by atoms with Gasteiger partial charge in [0.2, 0.25) is 10.0 Å². The Morgan fingerprint density at radius 3 is 2.48 bits per heavy atom. The molecular weight excluding hydrogens is 444 g/mol. The fraction of sp³-hybridized carbons (Fsp3) is 0.458. The molecule has 2 aromatic carbocycles. The number of piperidine rings is 1. The van der Waals surface area contributed by atoms with Crippen LogP contribution in [0.15, 0.2) is 41.3 Å². The van der Waals surface area contributed by atoms with E-state index in [-0.39, 0.29) is 16.5 Å². The van der Waals surface area contributed by atoms with Crippen LogP contribution in [0, 0.1) is 5.92 Å². The van der Waals surface area contributed by atoms with Gasteiger partial charge in [-0.15, -0.1) is 0 Å². The second-order valence-electron chi connectivity index (χ2n) is 8.55. The minimum absolute atomic E-state index is 0.0926. The van der Waals surface area contributed by atoms with Crippen LogP contribution < -0.4 is 19.5 Å². The first-order chi connectivity index (χ1) is 15.8. The summed E-state index contributed by atoms with van der Waals surface area (Å²) in [5.74, 6) is 1.72. The summed E-state index contributed by atoms with van der Waals surface area (Å²) in [5, 5.41) is 2.93. The molecule has 8 nitrogen and oxygen atoms in total. The molecule has 0 unspecified atom stereocenters. The molecule has 1 N–H and O–H groups in total. The smallest absolute Gasteiger partial charge is 0.255 e. The van der Waals surface area contributed by atoms with Gasteiger partial charge in [-0.25, -0.2) is 8.42 Å². The fourth-order valence-corrected chi connectivity index (χ4v) is 5.58. The molecule has 2 aliphatic rings. The number of nitrogens with one attached hydrogen (secondary N) is 1. The van der Waals surface area contributed by atoms with Crippen LogP contribution in [0.5, 0.6) is 17.2 Å². The van der Waals surface area contributed by atoms with Crippen LogP contribution in [0.4, 0.5) is 0 Å². The van der Waals surface area contributed by atoms with Crippen molar-refractivity contribution in [2.24, 2.45) is 5.92 Å². The lowest BCUT2D eigenvalue weighted by Crippen LogP contribution is -2.38. The highest BCUT2D eigenvalue weighted by atomic mass is 32.2. The third-order valence-corrected chi connectivity index (χ3v) is 8.10. The molecule has 1 fully saturated rings. The second kappa shape index (κ2) is 9.61. The van der Waals surface area contributed by atoms with Crippen LogP contribution in [0.25, 0.3) is 0 Å². The van der Waals surface area contributed by atoms with Crippen LogP contribution in [-0.4, -0.2) is 52.0 Å². The zero-order valence-corrected chi connectivity index (χ0v) is 20.0. The predicted molar refractivity (Wildman–Crippen MR) is 123 cm³/mol. The first kappa shape index (κ1) is 23.4. The lowest BCUT2D eigenvalue weighted by Gasteiger charge is -2.29. The van der Waals surface area contributed by atoms with Crippen LogP contribution in [-0.2, 0) is 10.0 Å². The Bertz CT molecular complexity index is 1130. The molecule has 2 aliphatic heterocycles. The molecule has 9 heteroatoms. The van der Waals surface area contributed by atoms with Crippen molar-refractivity contribution in [2.45, 2.75) is 37.6 Å². The van der Waals surface area contributed by atoms with E-state index in [1.54, 1.807) is 0 Å². The van der Waals surface area contributed by atoms with Crippen LogP contribution in [0.2, 0.25) is 0 Å². The fourth-order valence-electron chi connectivity index (χ4n) is 4.09. The lowest BCUT2D eigenvalue weighted by molar-refractivity contribution is 0.0936. The standard InChI is InChI=1S/C24H30N2O6S/c1-16-8-10-26(11-9-16)33(28,29)19-5-7-21(30-3)20(15-19)24(27)25-17(2)18-4-6-22-23(14-18)32-13-12-31-22/h4-7,14-17H,8-13H2,1-3H3,(H,25,27)/t17-/m0/s1. The molecule has 0 aromatic heterocycles. The van der Waals surface area contributed by atoms with Crippen LogP contribution >= 0.6 is 0 Å². The van der Waals surface area contributed by atoms with E-state index in [1.165, 1.54) is 29.6 Å². The zero-order chi connectivity index (χ0) is 23.6. The summed E-state index contributed by atoms with van der Waals surface area (Å²) in [6, 6.07) is 9.61. The molecule has 33 heavy (non-hydrogen) atoms. The van der Waals surface area contributed by atoms with Gasteiger partial charge in [-0.1, -0.05) is 13.0 Å². The minimum Gasteiger partial charge on any atom is -0.496 e. The number of hydrogen-bond acceptors (Lipinski definition) is 6. The van der Waals surface area contributed by atoms with Gasteiger partial charge in [-0.2, -0.15) is 4.31 Å². The van der Waals surface area contributed by atoms with E-state index in [0.29, 0.717) is 49.5 Å². The van der Waals surface area contributed by atoms with Crippen molar-refractivity contribution in [3.63, 3.8) is 0 Å². The van der Waals surface area contributed by atoms with E-state index in [2.05, 4.69) is 12.2 Å². The van der Waals surface area contributed by atoms with Gasteiger partial charge in [0.1, 0.15) is 19.0 Å². The maximum Gasteiger partial charge on any atom is 0.255 e. The summed E-state index contributed by atoms with van der Waals surface area (Å²) in [4.78, 5) is 13.2. The average Bonchev–Trinajstić information content (AvgIpc) is 2.83. The number of rotatable bonds is 6. The maximum absolute atomic E-state index is 13.2. The Morgan fingerprint density at radius 1 is 1.09 bits per heavy atom. The summed E-state index contributed by atoms with van der Waals surface area (Å²) in [6.07, 6.45) is 1.66. The molecule has 0 radical (unpaired) electrons. The normalized spacial score (nSPS) is 17.9. The largest absolute Gasteiger partial charge is 0.496 e. The maximum atomic E-state index is 13.2. The molecule has 2 heterocycles. The third kappa shape index (κ3) is 4.94. The summed E-state index contributed by atoms with van der Waals surface area (Å²) < 4.78 is 44.4.